The minimum absolute atomic E-state index is 0.263. The molecule has 0 spiro atoms. The molecule has 1 heterocycles. The number of hydrogen-bond donors (Lipinski definition) is 0. The third-order valence-corrected chi connectivity index (χ3v) is 3.47. The van der Waals surface area contributed by atoms with E-state index >= 15 is 0 Å². The molecule has 4 nitrogen and oxygen atoms in total. The molecule has 1 amide bonds. The predicted molar refractivity (Wildman–Crippen MR) is 79.7 cm³/mol. The number of benzene rings is 2. The summed E-state index contributed by atoms with van der Waals surface area (Å²) in [6, 6.07) is 14.8. The zero-order valence-corrected chi connectivity index (χ0v) is 11.7. The Morgan fingerprint density at radius 1 is 1.23 bits per heavy atom. The molecule has 0 fully saturated rings. The van der Waals surface area contributed by atoms with Crippen LogP contribution < -0.4 is 0 Å². The Morgan fingerprint density at radius 3 is 2.82 bits per heavy atom. The van der Waals surface area contributed by atoms with E-state index in [0.29, 0.717) is 24.2 Å². The van der Waals surface area contributed by atoms with Gasteiger partial charge in [-0.25, -0.2) is 9.40 Å². The summed E-state index contributed by atoms with van der Waals surface area (Å²) in [5, 5.41) is 14.8. The molecule has 2 aromatic carbocycles. The van der Waals surface area contributed by atoms with Crippen molar-refractivity contribution in [2.75, 3.05) is 6.54 Å². The molecule has 1 aliphatic rings. The molecule has 0 saturated carbocycles. The van der Waals surface area contributed by atoms with Gasteiger partial charge in [-0.2, -0.15) is 10.4 Å². The van der Waals surface area contributed by atoms with E-state index in [1.165, 1.54) is 23.2 Å². The third kappa shape index (κ3) is 2.59. The first kappa shape index (κ1) is 14.0. The van der Waals surface area contributed by atoms with E-state index in [2.05, 4.69) is 11.2 Å². The Bertz CT molecular complexity index is 808. The molecule has 0 saturated heterocycles. The summed E-state index contributed by atoms with van der Waals surface area (Å²) >= 11 is 0. The van der Waals surface area contributed by atoms with Crippen LogP contribution in [0.5, 0.6) is 0 Å². The number of hydrogen-bond acceptors (Lipinski definition) is 3. The van der Waals surface area contributed by atoms with Gasteiger partial charge in [0.1, 0.15) is 5.82 Å². The van der Waals surface area contributed by atoms with Crippen LogP contribution in [-0.2, 0) is 0 Å². The first-order valence-corrected chi connectivity index (χ1v) is 6.83. The molecule has 0 aromatic heterocycles. The summed E-state index contributed by atoms with van der Waals surface area (Å²) in [6.45, 7) is 0.421. The number of rotatable bonds is 2. The van der Waals surface area contributed by atoms with Gasteiger partial charge in [0.25, 0.3) is 5.91 Å². The second-order valence-electron chi connectivity index (χ2n) is 4.89. The van der Waals surface area contributed by atoms with Crippen molar-refractivity contribution >= 4 is 11.6 Å². The monoisotopic (exact) mass is 293 g/mol. The molecule has 22 heavy (non-hydrogen) atoms. The number of nitrogens with zero attached hydrogens (tertiary/aromatic N) is 3. The van der Waals surface area contributed by atoms with Crippen molar-refractivity contribution in [1.82, 2.24) is 5.01 Å². The van der Waals surface area contributed by atoms with Gasteiger partial charge < -0.3 is 0 Å². The summed E-state index contributed by atoms with van der Waals surface area (Å²) in [4.78, 5) is 12.3. The lowest BCUT2D eigenvalue weighted by Crippen LogP contribution is -2.23. The highest BCUT2D eigenvalue weighted by Crippen LogP contribution is 2.19. The van der Waals surface area contributed by atoms with Gasteiger partial charge >= 0.3 is 0 Å². The second-order valence-corrected chi connectivity index (χ2v) is 4.89. The van der Waals surface area contributed by atoms with Crippen molar-refractivity contribution in [2.24, 2.45) is 5.10 Å². The normalized spacial score (nSPS) is 13.6. The zero-order valence-electron chi connectivity index (χ0n) is 11.7. The van der Waals surface area contributed by atoms with Crippen molar-refractivity contribution in [3.63, 3.8) is 0 Å². The molecular formula is C17H12FN3O. The largest absolute Gasteiger partial charge is 0.274 e. The Kier molecular flexibility index (Phi) is 3.67. The Labute approximate surface area is 127 Å². The quantitative estimate of drug-likeness (QED) is 0.854. The zero-order chi connectivity index (χ0) is 15.5. The van der Waals surface area contributed by atoms with E-state index in [4.69, 9.17) is 5.26 Å². The van der Waals surface area contributed by atoms with Gasteiger partial charge in [0, 0.05) is 17.5 Å². The average molecular weight is 293 g/mol. The molecule has 0 radical (unpaired) electrons. The van der Waals surface area contributed by atoms with Gasteiger partial charge in [0.15, 0.2) is 0 Å². The maximum absolute atomic E-state index is 13.2. The van der Waals surface area contributed by atoms with E-state index in [1.807, 2.05) is 12.1 Å². The SMILES string of the molecule is N#Cc1ccccc1C1=NN(C(=O)c2cccc(F)c2)CC1. The molecule has 2 aromatic rings. The Balaban J connectivity index is 1.89. The van der Waals surface area contributed by atoms with Crippen molar-refractivity contribution in [3.05, 3.63) is 71.0 Å². The number of carbonyl (C=O) groups is 1. The number of nitriles is 1. The number of hydrazone groups is 1. The standard InChI is InChI=1S/C17H12FN3O/c18-14-6-3-5-12(10-14)17(22)21-9-8-16(20-21)15-7-2-1-4-13(15)11-19/h1-7,10H,8-9H2. The number of carbonyl (C=O) groups excluding carboxylic acids is 1. The van der Waals surface area contributed by atoms with Crippen LogP contribution >= 0.6 is 0 Å². The first-order chi connectivity index (χ1) is 10.7. The minimum atomic E-state index is -0.455. The Hall–Kier alpha value is -3.00. The molecule has 0 unspecified atom stereocenters. The van der Waals surface area contributed by atoms with Gasteiger partial charge in [-0.15, -0.1) is 0 Å². The van der Waals surface area contributed by atoms with Gasteiger partial charge in [-0.3, -0.25) is 4.79 Å². The summed E-state index contributed by atoms with van der Waals surface area (Å²) in [7, 11) is 0. The lowest BCUT2D eigenvalue weighted by molar-refractivity contribution is 0.0778. The van der Waals surface area contributed by atoms with Crippen LogP contribution in [0.1, 0.15) is 27.9 Å². The van der Waals surface area contributed by atoms with Crippen LogP contribution in [0.4, 0.5) is 4.39 Å². The summed E-state index contributed by atoms with van der Waals surface area (Å²) < 4.78 is 13.2. The van der Waals surface area contributed by atoms with Crippen LogP contribution in [0.3, 0.4) is 0 Å². The predicted octanol–water partition coefficient (Wildman–Crippen LogP) is 2.95. The maximum Gasteiger partial charge on any atom is 0.274 e. The number of halogens is 1. The van der Waals surface area contributed by atoms with Crippen LogP contribution in [0.25, 0.3) is 0 Å². The van der Waals surface area contributed by atoms with Gasteiger partial charge in [0.2, 0.25) is 0 Å². The van der Waals surface area contributed by atoms with E-state index in [9.17, 15) is 9.18 Å². The highest BCUT2D eigenvalue weighted by atomic mass is 19.1. The topological polar surface area (TPSA) is 56.5 Å². The highest BCUT2D eigenvalue weighted by Gasteiger charge is 2.24. The van der Waals surface area contributed by atoms with Crippen LogP contribution in [-0.4, -0.2) is 23.2 Å². The summed E-state index contributed by atoms with van der Waals surface area (Å²) in [6.07, 6.45) is 0.569. The summed E-state index contributed by atoms with van der Waals surface area (Å²) in [5.41, 5.74) is 2.22. The fourth-order valence-electron chi connectivity index (χ4n) is 2.40. The van der Waals surface area contributed by atoms with Gasteiger partial charge in [-0.05, 0) is 24.3 Å². The Morgan fingerprint density at radius 2 is 2.05 bits per heavy atom. The molecule has 0 aliphatic carbocycles. The lowest BCUT2D eigenvalue weighted by Gasteiger charge is -2.11. The van der Waals surface area contributed by atoms with Crippen molar-refractivity contribution in [2.45, 2.75) is 6.42 Å². The van der Waals surface area contributed by atoms with Crippen LogP contribution in [0.15, 0.2) is 53.6 Å². The second kappa shape index (κ2) is 5.78. The smallest absolute Gasteiger partial charge is 0.267 e. The van der Waals surface area contributed by atoms with E-state index in [-0.39, 0.29) is 11.5 Å². The van der Waals surface area contributed by atoms with E-state index < -0.39 is 5.82 Å². The highest BCUT2D eigenvalue weighted by molar-refractivity contribution is 6.05. The van der Waals surface area contributed by atoms with Crippen molar-refractivity contribution in [1.29, 1.82) is 5.26 Å². The molecule has 0 N–H and O–H groups in total. The maximum atomic E-state index is 13.2. The van der Waals surface area contributed by atoms with Crippen molar-refractivity contribution < 1.29 is 9.18 Å². The fourth-order valence-corrected chi connectivity index (χ4v) is 2.40. The van der Waals surface area contributed by atoms with Gasteiger partial charge in [0.05, 0.1) is 23.9 Å². The molecule has 3 rings (SSSR count). The van der Waals surface area contributed by atoms with Crippen LogP contribution in [0.2, 0.25) is 0 Å². The molecule has 5 heteroatoms. The average Bonchev–Trinajstić information content (AvgIpc) is 3.04. The summed E-state index contributed by atoms with van der Waals surface area (Å²) in [5.74, 6) is -0.798. The molecule has 1 aliphatic heterocycles. The minimum Gasteiger partial charge on any atom is -0.267 e. The third-order valence-electron chi connectivity index (χ3n) is 3.47. The number of amides is 1. The molecule has 0 atom stereocenters. The molecular weight excluding hydrogens is 281 g/mol. The van der Waals surface area contributed by atoms with E-state index in [1.54, 1.807) is 18.2 Å². The van der Waals surface area contributed by atoms with Crippen molar-refractivity contribution in [3.8, 4) is 6.07 Å². The first-order valence-electron chi connectivity index (χ1n) is 6.83. The molecule has 0 bridgehead atoms. The van der Waals surface area contributed by atoms with Gasteiger partial charge in [-0.1, -0.05) is 24.3 Å². The van der Waals surface area contributed by atoms with Crippen LogP contribution in [0, 0.1) is 17.1 Å². The van der Waals surface area contributed by atoms with E-state index in [0.717, 1.165) is 5.56 Å². The fraction of sp³-hybridized carbons (Fsp3) is 0.118. The molecule has 108 valence electrons. The lowest BCUT2D eigenvalue weighted by atomic mass is 10.0.